The van der Waals surface area contributed by atoms with Gasteiger partial charge >= 0.3 is 5.97 Å². The molecular formula is C15H17N3O6. The average molecular weight is 335 g/mol. The summed E-state index contributed by atoms with van der Waals surface area (Å²) in [4.78, 5) is 27.0. The molecule has 1 aromatic carbocycles. The average Bonchev–Trinajstić information content (AvgIpc) is 2.96. The molecule has 9 nitrogen and oxygen atoms in total. The number of nitrogens with one attached hydrogen (secondary N) is 1. The van der Waals surface area contributed by atoms with Gasteiger partial charge in [0.05, 0.1) is 12.1 Å². The number of rotatable bonds is 7. The van der Waals surface area contributed by atoms with Crippen molar-refractivity contribution in [2.45, 2.75) is 26.1 Å². The minimum atomic E-state index is -2.06. The van der Waals surface area contributed by atoms with Gasteiger partial charge in [-0.05, 0) is 19.1 Å². The predicted octanol–water partition coefficient (Wildman–Crippen LogP) is 0.522. The minimum Gasteiger partial charge on any atom is -0.485 e. The fraction of sp³-hybridized carbons (Fsp3) is 0.333. The van der Waals surface area contributed by atoms with Gasteiger partial charge in [0.2, 0.25) is 11.7 Å². The number of ether oxygens (including phenoxy) is 1. The number of benzene rings is 1. The van der Waals surface area contributed by atoms with Crippen LogP contribution in [0.15, 0.2) is 28.8 Å². The number of hydrogen-bond donors (Lipinski definition) is 3. The molecule has 2 aromatic rings. The number of para-hydroxylation sites is 1. The molecule has 0 saturated heterocycles. The summed E-state index contributed by atoms with van der Waals surface area (Å²) in [5.41, 5.74) is -1.87. The highest BCUT2D eigenvalue weighted by atomic mass is 16.5. The second-order valence-corrected chi connectivity index (χ2v) is 5.28. The summed E-state index contributed by atoms with van der Waals surface area (Å²) in [7, 11) is 0. The topological polar surface area (TPSA) is 135 Å². The van der Waals surface area contributed by atoms with Crippen LogP contribution in [-0.2, 0) is 11.4 Å². The van der Waals surface area contributed by atoms with Crippen molar-refractivity contribution in [3.05, 3.63) is 41.5 Å². The predicted molar refractivity (Wildman–Crippen MR) is 80.4 cm³/mol. The van der Waals surface area contributed by atoms with Crippen LogP contribution in [-0.4, -0.2) is 44.4 Å². The Bertz CT molecular complexity index is 740. The lowest BCUT2D eigenvalue weighted by Crippen LogP contribution is -2.46. The van der Waals surface area contributed by atoms with Gasteiger partial charge < -0.3 is 24.8 Å². The van der Waals surface area contributed by atoms with E-state index in [1.54, 1.807) is 25.1 Å². The molecule has 0 aliphatic carbocycles. The first-order valence-corrected chi connectivity index (χ1v) is 7.04. The Morgan fingerprint density at radius 3 is 2.71 bits per heavy atom. The van der Waals surface area contributed by atoms with Crippen molar-refractivity contribution in [3.8, 4) is 5.75 Å². The molecule has 0 bridgehead atoms. The summed E-state index contributed by atoms with van der Waals surface area (Å²) >= 11 is 0. The van der Waals surface area contributed by atoms with Gasteiger partial charge in [0.15, 0.2) is 12.2 Å². The number of carbonyl (C=O) groups is 2. The van der Waals surface area contributed by atoms with Crippen LogP contribution in [0.1, 0.15) is 29.0 Å². The third-order valence-corrected chi connectivity index (χ3v) is 3.11. The second-order valence-electron chi connectivity index (χ2n) is 5.28. The molecule has 3 N–H and O–H groups in total. The molecule has 1 amide bonds. The maximum atomic E-state index is 12.2. The number of amides is 1. The summed E-state index contributed by atoms with van der Waals surface area (Å²) in [5.74, 6) is -1.00. The molecular weight excluding hydrogens is 318 g/mol. The maximum Gasteiger partial charge on any atom is 0.337 e. The maximum absolute atomic E-state index is 12.2. The first-order chi connectivity index (χ1) is 11.3. The molecule has 1 unspecified atom stereocenters. The van der Waals surface area contributed by atoms with E-state index >= 15 is 0 Å². The molecule has 0 saturated carbocycles. The van der Waals surface area contributed by atoms with Crippen LogP contribution in [0.3, 0.4) is 0 Å². The second kappa shape index (κ2) is 7.09. The molecule has 0 spiro atoms. The lowest BCUT2D eigenvalue weighted by Gasteiger charge is -2.18. The summed E-state index contributed by atoms with van der Waals surface area (Å²) < 4.78 is 10.3. The van der Waals surface area contributed by atoms with E-state index in [-0.39, 0.29) is 17.9 Å². The molecule has 1 aromatic heterocycles. The molecule has 0 aliphatic rings. The van der Waals surface area contributed by atoms with Gasteiger partial charge in [0.1, 0.15) is 5.75 Å². The van der Waals surface area contributed by atoms with Crippen molar-refractivity contribution in [3.63, 3.8) is 0 Å². The SMILES string of the molecule is Cc1nc(COc2ccccc2C(=O)NCC(C)(O)C(=O)O)no1. The summed E-state index contributed by atoms with van der Waals surface area (Å²) in [6.45, 7) is 2.30. The number of aliphatic carboxylic acids is 1. The van der Waals surface area contributed by atoms with E-state index in [2.05, 4.69) is 15.5 Å². The molecule has 128 valence electrons. The number of carbonyl (C=O) groups excluding carboxylic acids is 1. The van der Waals surface area contributed by atoms with Crippen molar-refractivity contribution < 1.29 is 29.1 Å². The van der Waals surface area contributed by atoms with Crippen LogP contribution in [0.2, 0.25) is 0 Å². The van der Waals surface area contributed by atoms with Crippen molar-refractivity contribution in [1.82, 2.24) is 15.5 Å². The van der Waals surface area contributed by atoms with Gasteiger partial charge in [0.25, 0.3) is 5.91 Å². The summed E-state index contributed by atoms with van der Waals surface area (Å²) in [6, 6.07) is 6.41. The highest BCUT2D eigenvalue weighted by Crippen LogP contribution is 2.19. The number of aliphatic hydroxyl groups is 1. The van der Waals surface area contributed by atoms with E-state index in [0.29, 0.717) is 11.7 Å². The quantitative estimate of drug-likeness (QED) is 0.666. The normalized spacial score (nSPS) is 13.1. The molecule has 1 heterocycles. The number of aromatic nitrogens is 2. The van der Waals surface area contributed by atoms with Crippen LogP contribution < -0.4 is 10.1 Å². The zero-order valence-corrected chi connectivity index (χ0v) is 13.1. The Morgan fingerprint density at radius 2 is 2.08 bits per heavy atom. The largest absolute Gasteiger partial charge is 0.485 e. The lowest BCUT2D eigenvalue weighted by molar-refractivity contribution is -0.155. The Kier molecular flexibility index (Phi) is 5.14. The Labute approximate surface area is 137 Å². The smallest absolute Gasteiger partial charge is 0.337 e. The van der Waals surface area contributed by atoms with Crippen LogP contribution in [0, 0.1) is 6.92 Å². The molecule has 0 fully saturated rings. The van der Waals surface area contributed by atoms with E-state index in [4.69, 9.17) is 14.4 Å². The van der Waals surface area contributed by atoms with Crippen molar-refractivity contribution in [2.24, 2.45) is 0 Å². The highest BCUT2D eigenvalue weighted by molar-refractivity contribution is 5.97. The Hall–Kier alpha value is -2.94. The Balaban J connectivity index is 2.04. The first-order valence-electron chi connectivity index (χ1n) is 7.04. The van der Waals surface area contributed by atoms with E-state index < -0.39 is 24.0 Å². The van der Waals surface area contributed by atoms with Gasteiger partial charge in [0, 0.05) is 6.92 Å². The van der Waals surface area contributed by atoms with E-state index in [0.717, 1.165) is 6.92 Å². The number of aryl methyl sites for hydroxylation is 1. The van der Waals surface area contributed by atoms with E-state index in [1.165, 1.54) is 6.07 Å². The van der Waals surface area contributed by atoms with E-state index in [1.807, 2.05) is 0 Å². The number of carboxylic acid groups (broad SMARTS) is 1. The van der Waals surface area contributed by atoms with E-state index in [9.17, 15) is 14.7 Å². The van der Waals surface area contributed by atoms with Gasteiger partial charge in [-0.1, -0.05) is 17.3 Å². The number of hydrogen-bond acceptors (Lipinski definition) is 7. The summed E-state index contributed by atoms with van der Waals surface area (Å²) in [5, 5.41) is 24.5. The zero-order valence-electron chi connectivity index (χ0n) is 13.1. The van der Waals surface area contributed by atoms with Crippen molar-refractivity contribution in [1.29, 1.82) is 0 Å². The number of nitrogens with zero attached hydrogens (tertiary/aromatic N) is 2. The van der Waals surface area contributed by atoms with Crippen molar-refractivity contribution >= 4 is 11.9 Å². The van der Waals surface area contributed by atoms with Crippen LogP contribution in [0.25, 0.3) is 0 Å². The lowest BCUT2D eigenvalue weighted by atomic mass is 10.1. The van der Waals surface area contributed by atoms with Crippen LogP contribution >= 0.6 is 0 Å². The minimum absolute atomic E-state index is 0.00841. The van der Waals surface area contributed by atoms with Gasteiger partial charge in [-0.25, -0.2) is 4.79 Å². The first kappa shape index (κ1) is 17.4. The molecule has 1 atom stereocenters. The van der Waals surface area contributed by atoms with Crippen LogP contribution in [0.5, 0.6) is 5.75 Å². The van der Waals surface area contributed by atoms with Crippen LogP contribution in [0.4, 0.5) is 0 Å². The van der Waals surface area contributed by atoms with Gasteiger partial charge in [-0.15, -0.1) is 0 Å². The fourth-order valence-electron chi connectivity index (χ4n) is 1.75. The molecule has 0 radical (unpaired) electrons. The van der Waals surface area contributed by atoms with Gasteiger partial charge in [-0.3, -0.25) is 4.79 Å². The highest BCUT2D eigenvalue weighted by Gasteiger charge is 2.30. The molecule has 24 heavy (non-hydrogen) atoms. The van der Waals surface area contributed by atoms with Crippen molar-refractivity contribution in [2.75, 3.05) is 6.54 Å². The standard InChI is InChI=1S/C15H17N3O6/c1-9-17-12(18-24-9)7-23-11-6-4-3-5-10(11)13(19)16-8-15(2,22)14(20)21/h3-6,22H,7-8H2,1-2H3,(H,16,19)(H,20,21). The molecule has 0 aliphatic heterocycles. The molecule has 2 rings (SSSR count). The fourth-order valence-corrected chi connectivity index (χ4v) is 1.75. The Morgan fingerprint density at radius 1 is 1.38 bits per heavy atom. The zero-order chi connectivity index (χ0) is 17.7. The molecule has 9 heteroatoms. The third kappa shape index (κ3) is 4.29. The number of carboxylic acids is 1. The monoisotopic (exact) mass is 335 g/mol. The summed E-state index contributed by atoms with van der Waals surface area (Å²) in [6.07, 6.45) is 0. The third-order valence-electron chi connectivity index (χ3n) is 3.11. The van der Waals surface area contributed by atoms with Gasteiger partial charge in [-0.2, -0.15) is 4.98 Å².